The average molecular weight is 74.1 g/mol. The summed E-state index contributed by atoms with van der Waals surface area (Å²) in [4.78, 5) is 11.2. The first-order valence-corrected chi connectivity index (χ1v) is 1.95. The van der Waals surface area contributed by atoms with E-state index in [2.05, 4.69) is 4.98 Å². The van der Waals surface area contributed by atoms with Crippen molar-refractivity contribution in [1.29, 1.82) is 0 Å². The van der Waals surface area contributed by atoms with Gasteiger partial charge >= 0.3 is 0 Å². The molecule has 1 amide bonds. The fraction of sp³-hybridized carbons (Fsp3) is 0. The molecule has 0 saturated heterocycles. The van der Waals surface area contributed by atoms with Gasteiger partial charge in [-0.25, -0.2) is 0 Å². The Hall–Kier alpha value is -0.313. The molecule has 1 radical (unpaired) electrons. The van der Waals surface area contributed by atoms with Crippen molar-refractivity contribution < 1.29 is 4.79 Å². The molecule has 0 fully saturated rings. The molecule has 0 bridgehead atoms. The summed E-state index contributed by atoms with van der Waals surface area (Å²) in [5.74, 6) is 0. The molecule has 0 unspecified atom stereocenters. The van der Waals surface area contributed by atoms with Crippen LogP contribution in [0.5, 0.6) is 0 Å². The van der Waals surface area contributed by atoms with Crippen LogP contribution in [0.4, 0.5) is 0 Å². The predicted molar refractivity (Wildman–Crippen MR) is 18.8 cm³/mol. The Labute approximate surface area is 27.7 Å². The first-order chi connectivity index (χ1) is 1.91. The Morgan fingerprint density at radius 2 is 2.25 bits per heavy atom. The van der Waals surface area contributed by atoms with Gasteiger partial charge in [-0.05, 0) is 0 Å². The molecule has 0 atom stereocenters. The Morgan fingerprint density at radius 3 is 2.25 bits per heavy atom. The summed E-state index contributed by atoms with van der Waals surface area (Å²) in [6, 6.07) is 0. The third-order valence-corrected chi connectivity index (χ3v) is 0.306. The van der Waals surface area contributed by atoms with Gasteiger partial charge < -0.3 is 4.98 Å². The molecule has 4 heavy (non-hydrogen) atoms. The van der Waals surface area contributed by atoms with Crippen LogP contribution in [0.3, 0.4) is 0 Å². The number of amides is 1. The Balaban J connectivity index is 2.30. The number of carbonyl (C=O) groups excluding carboxylic acids is 1. The molecule has 0 saturated carbocycles. The average Bonchev–Trinajstić information content (AvgIpc) is 1.37. The standard InChI is InChI=1S/CH4NOSi/c3-1-2-4/h4H3,(H,2,3). The van der Waals surface area contributed by atoms with Crippen LogP contribution in [-0.4, -0.2) is 16.8 Å². The molecule has 1 N–H and O–H groups in total. The minimum absolute atomic E-state index is 0.716. The maximum absolute atomic E-state index is 8.97. The predicted octanol–water partition coefficient (Wildman–Crippen LogP) is -2.08. The SMILES string of the molecule is O=[C]N[SiH3]. The number of hydrogen-bond donors (Lipinski definition) is 1. The topological polar surface area (TPSA) is 29.1 Å². The molecule has 0 aromatic heterocycles. The van der Waals surface area contributed by atoms with Crippen LogP contribution in [0.15, 0.2) is 0 Å². The molecule has 0 aliphatic heterocycles. The molecule has 2 nitrogen and oxygen atoms in total. The van der Waals surface area contributed by atoms with Gasteiger partial charge in [0.25, 0.3) is 6.41 Å². The fourth-order valence-corrected chi connectivity index (χ4v) is 0. The van der Waals surface area contributed by atoms with Crippen molar-refractivity contribution in [3.63, 3.8) is 0 Å². The van der Waals surface area contributed by atoms with E-state index in [1.54, 1.807) is 0 Å². The zero-order chi connectivity index (χ0) is 3.41. The summed E-state index contributed by atoms with van der Waals surface area (Å²) in [6.45, 7) is 0. The van der Waals surface area contributed by atoms with Gasteiger partial charge in [0.1, 0.15) is 10.4 Å². The molecular weight excluding hydrogens is 70.1 g/mol. The van der Waals surface area contributed by atoms with Crippen LogP contribution >= 0.6 is 0 Å². The largest absolute Gasteiger partial charge is 0.383 e. The van der Waals surface area contributed by atoms with Crippen LogP contribution < -0.4 is 4.98 Å². The molecule has 0 aromatic rings. The summed E-state index contributed by atoms with van der Waals surface area (Å²) in [5, 5.41) is 0. The zero-order valence-electron chi connectivity index (χ0n) is 2.41. The number of nitrogens with one attached hydrogen (secondary N) is 1. The smallest absolute Gasteiger partial charge is 0.300 e. The molecule has 0 heterocycles. The first kappa shape index (κ1) is 3.69. The van der Waals surface area contributed by atoms with E-state index in [0.29, 0.717) is 10.4 Å². The lowest BCUT2D eigenvalue weighted by atomic mass is 11.5. The molecule has 23 valence electrons. The van der Waals surface area contributed by atoms with Gasteiger partial charge in [-0.3, -0.25) is 4.79 Å². The van der Waals surface area contributed by atoms with Gasteiger partial charge in [-0.15, -0.1) is 0 Å². The van der Waals surface area contributed by atoms with E-state index in [-0.39, 0.29) is 0 Å². The van der Waals surface area contributed by atoms with Crippen LogP contribution in [0.2, 0.25) is 0 Å². The van der Waals surface area contributed by atoms with Crippen molar-refractivity contribution in [3.8, 4) is 0 Å². The number of rotatable bonds is 1. The van der Waals surface area contributed by atoms with E-state index in [1.807, 2.05) is 0 Å². The maximum atomic E-state index is 8.97. The maximum Gasteiger partial charge on any atom is 0.300 e. The van der Waals surface area contributed by atoms with E-state index in [1.165, 1.54) is 6.41 Å². The second-order valence-corrected chi connectivity index (χ2v) is 0.852. The van der Waals surface area contributed by atoms with E-state index < -0.39 is 0 Å². The van der Waals surface area contributed by atoms with Gasteiger partial charge in [0.2, 0.25) is 0 Å². The zero-order valence-corrected chi connectivity index (χ0v) is 4.41. The lowest BCUT2D eigenvalue weighted by molar-refractivity contribution is 0.553. The highest BCUT2D eigenvalue weighted by molar-refractivity contribution is 6.10. The second-order valence-electron chi connectivity index (χ2n) is 0.352. The highest BCUT2D eigenvalue weighted by atomic mass is 28.2. The minimum Gasteiger partial charge on any atom is -0.383 e. The monoisotopic (exact) mass is 74.0 g/mol. The molecule has 3 heteroatoms. The van der Waals surface area contributed by atoms with Crippen molar-refractivity contribution in [2.75, 3.05) is 0 Å². The number of hydrogen-bond acceptors (Lipinski definition) is 1. The highest BCUT2D eigenvalue weighted by Crippen LogP contribution is 1.07. The van der Waals surface area contributed by atoms with Crippen LogP contribution in [-0.2, 0) is 4.79 Å². The first-order valence-electron chi connectivity index (χ1n) is 0.954. The lowest BCUT2D eigenvalue weighted by Crippen LogP contribution is -2.01. The van der Waals surface area contributed by atoms with Crippen molar-refractivity contribution in [3.05, 3.63) is 0 Å². The third-order valence-electron chi connectivity index (χ3n) is 0.102. The Bertz CT molecular complexity index is 22.0. The third kappa shape index (κ3) is 1.69. The Kier molecular flexibility index (Phi) is 2.48. The van der Waals surface area contributed by atoms with Crippen molar-refractivity contribution in [2.45, 2.75) is 0 Å². The highest BCUT2D eigenvalue weighted by Gasteiger charge is 1.48. The molecule has 0 aliphatic carbocycles. The molecule has 0 aromatic carbocycles. The van der Waals surface area contributed by atoms with Gasteiger partial charge in [0, 0.05) is 0 Å². The van der Waals surface area contributed by atoms with Gasteiger partial charge in [0.05, 0.1) is 0 Å². The minimum atomic E-state index is 0.716. The van der Waals surface area contributed by atoms with E-state index in [0.717, 1.165) is 0 Å². The Morgan fingerprint density at radius 1 is 2.00 bits per heavy atom. The van der Waals surface area contributed by atoms with Crippen molar-refractivity contribution in [1.82, 2.24) is 4.98 Å². The molecule has 0 aliphatic rings. The normalized spacial score (nSPS) is 6.00. The van der Waals surface area contributed by atoms with Gasteiger partial charge in [-0.2, -0.15) is 0 Å². The van der Waals surface area contributed by atoms with Crippen molar-refractivity contribution in [2.24, 2.45) is 0 Å². The van der Waals surface area contributed by atoms with Gasteiger partial charge in [0.15, 0.2) is 0 Å². The second kappa shape index (κ2) is 2.69. The van der Waals surface area contributed by atoms with E-state index in [9.17, 15) is 0 Å². The molecule has 0 rings (SSSR count). The fourth-order valence-electron chi connectivity index (χ4n) is 0. The quantitative estimate of drug-likeness (QED) is 0.281. The lowest BCUT2D eigenvalue weighted by Gasteiger charge is -1.61. The summed E-state index contributed by atoms with van der Waals surface area (Å²) in [5.41, 5.74) is 0. The van der Waals surface area contributed by atoms with E-state index >= 15 is 0 Å². The summed E-state index contributed by atoms with van der Waals surface area (Å²) >= 11 is 0. The van der Waals surface area contributed by atoms with Gasteiger partial charge in [-0.1, -0.05) is 0 Å². The van der Waals surface area contributed by atoms with Crippen molar-refractivity contribution >= 4 is 16.8 Å². The summed E-state index contributed by atoms with van der Waals surface area (Å²) in [6.07, 6.45) is 1.49. The molecular formula is CH4NOSi. The van der Waals surface area contributed by atoms with Crippen LogP contribution in [0.25, 0.3) is 0 Å². The van der Waals surface area contributed by atoms with Crippen LogP contribution in [0, 0.1) is 0 Å². The van der Waals surface area contributed by atoms with Crippen LogP contribution in [0.1, 0.15) is 0 Å². The summed E-state index contributed by atoms with van der Waals surface area (Å²) < 4.78 is 0. The summed E-state index contributed by atoms with van der Waals surface area (Å²) in [7, 11) is 0.716. The molecule has 0 spiro atoms. The van der Waals surface area contributed by atoms with E-state index in [4.69, 9.17) is 4.79 Å².